The molecule has 0 unspecified atom stereocenters. The third kappa shape index (κ3) is 18.6. The van der Waals surface area contributed by atoms with E-state index in [-0.39, 0.29) is 12.3 Å². The minimum Gasteiger partial charge on any atom is -0.394 e. The molecule has 0 saturated heterocycles. The van der Waals surface area contributed by atoms with Crippen LogP contribution in [0.1, 0.15) is 136 Å². The van der Waals surface area contributed by atoms with Gasteiger partial charge in [-0.1, -0.05) is 117 Å². The first-order chi connectivity index (χ1) is 15.1. The molecule has 0 spiro atoms. The van der Waals surface area contributed by atoms with Gasteiger partial charge < -0.3 is 15.5 Å². The van der Waals surface area contributed by atoms with Gasteiger partial charge in [-0.2, -0.15) is 0 Å². The van der Waals surface area contributed by atoms with E-state index < -0.39 is 24.9 Å². The van der Waals surface area contributed by atoms with Gasteiger partial charge in [0.25, 0.3) is 0 Å². The second kappa shape index (κ2) is 22.5. The van der Waals surface area contributed by atoms with Crippen LogP contribution in [0.25, 0.3) is 0 Å². The highest BCUT2D eigenvalue weighted by Gasteiger charge is 2.28. The Morgan fingerprint density at radius 1 is 0.742 bits per heavy atom. The van der Waals surface area contributed by atoms with Crippen LogP contribution in [0.4, 0.5) is 4.39 Å². The van der Waals surface area contributed by atoms with Crippen molar-refractivity contribution < 1.29 is 19.4 Å². The second-order valence-electron chi connectivity index (χ2n) is 9.21. The quantitative estimate of drug-likeness (QED) is 0.155. The van der Waals surface area contributed by atoms with E-state index in [4.69, 9.17) is 0 Å². The van der Waals surface area contributed by atoms with Crippen molar-refractivity contribution in [1.29, 1.82) is 0 Å². The van der Waals surface area contributed by atoms with Crippen molar-refractivity contribution >= 4 is 5.91 Å². The lowest BCUT2D eigenvalue weighted by molar-refractivity contribution is -0.123. The summed E-state index contributed by atoms with van der Waals surface area (Å²) in [5.74, 6) is -0.216. The number of hydrogen-bond donors (Lipinski definition) is 3. The summed E-state index contributed by atoms with van der Waals surface area (Å²) in [4.78, 5) is 12.0. The normalized spacial score (nSPS) is 14.4. The van der Waals surface area contributed by atoms with E-state index in [0.29, 0.717) is 6.42 Å². The molecule has 0 radical (unpaired) electrons. The van der Waals surface area contributed by atoms with Crippen LogP contribution in [0.3, 0.4) is 0 Å². The molecule has 3 atom stereocenters. The van der Waals surface area contributed by atoms with Gasteiger partial charge in [0.15, 0.2) is 0 Å². The van der Waals surface area contributed by atoms with Gasteiger partial charge in [-0.15, -0.1) is 0 Å². The number of halogens is 1. The van der Waals surface area contributed by atoms with Gasteiger partial charge in [-0.05, 0) is 12.8 Å². The van der Waals surface area contributed by atoms with Crippen LogP contribution in [0.2, 0.25) is 0 Å². The highest BCUT2D eigenvalue weighted by molar-refractivity contribution is 5.76. The van der Waals surface area contributed by atoms with Crippen LogP contribution in [0, 0.1) is 0 Å². The molecule has 0 saturated carbocycles. The van der Waals surface area contributed by atoms with E-state index in [0.717, 1.165) is 44.9 Å². The van der Waals surface area contributed by atoms with E-state index in [1.807, 2.05) is 0 Å². The summed E-state index contributed by atoms with van der Waals surface area (Å²) >= 11 is 0. The van der Waals surface area contributed by atoms with Crippen LogP contribution in [-0.4, -0.2) is 41.0 Å². The fraction of sp³-hybridized carbons (Fsp3) is 0.962. The van der Waals surface area contributed by atoms with Crippen LogP contribution in [-0.2, 0) is 4.79 Å². The maximum Gasteiger partial charge on any atom is 0.220 e. The number of alkyl halides is 1. The molecule has 0 bridgehead atoms. The molecular weight excluding hydrogens is 393 g/mol. The van der Waals surface area contributed by atoms with E-state index in [2.05, 4.69) is 19.2 Å². The minimum atomic E-state index is -1.41. The summed E-state index contributed by atoms with van der Waals surface area (Å²) in [5.41, 5.74) is 0. The fourth-order valence-corrected chi connectivity index (χ4v) is 4.01. The number of rotatable bonds is 23. The molecule has 31 heavy (non-hydrogen) atoms. The molecule has 0 aliphatic heterocycles. The van der Waals surface area contributed by atoms with Gasteiger partial charge in [-0.25, -0.2) is 4.39 Å². The summed E-state index contributed by atoms with van der Waals surface area (Å²) < 4.78 is 14.4. The lowest BCUT2D eigenvalue weighted by atomic mass is 10.00. The predicted molar refractivity (Wildman–Crippen MR) is 129 cm³/mol. The second-order valence-corrected chi connectivity index (χ2v) is 9.21. The summed E-state index contributed by atoms with van der Waals surface area (Å²) in [6, 6.07) is -0.921. The Morgan fingerprint density at radius 2 is 1.16 bits per heavy atom. The average molecular weight is 446 g/mol. The van der Waals surface area contributed by atoms with Gasteiger partial charge in [0.05, 0.1) is 12.6 Å². The van der Waals surface area contributed by atoms with Crippen molar-refractivity contribution in [3.05, 3.63) is 0 Å². The van der Waals surface area contributed by atoms with Gasteiger partial charge in [0.1, 0.15) is 12.3 Å². The molecule has 4 nitrogen and oxygen atoms in total. The Kier molecular flexibility index (Phi) is 22.0. The molecule has 0 rings (SSSR count). The van der Waals surface area contributed by atoms with Crippen molar-refractivity contribution in [2.75, 3.05) is 6.61 Å². The number of carbonyl (C=O) groups excluding carboxylic acids is 1. The molecule has 1 amide bonds. The topological polar surface area (TPSA) is 69.6 Å². The maximum atomic E-state index is 14.4. The van der Waals surface area contributed by atoms with Gasteiger partial charge in [-0.3, -0.25) is 4.79 Å². The monoisotopic (exact) mass is 445 g/mol. The molecule has 0 aromatic carbocycles. The predicted octanol–water partition coefficient (Wildman–Crippen LogP) is 6.61. The molecule has 0 aromatic heterocycles. The summed E-state index contributed by atoms with van der Waals surface area (Å²) in [6.45, 7) is 3.94. The Balaban J connectivity index is 3.76. The Labute approximate surface area is 191 Å². The number of aliphatic hydroxyl groups is 2. The number of aliphatic hydroxyl groups excluding tert-OH is 2. The first-order valence-corrected chi connectivity index (χ1v) is 13.3. The standard InChI is InChI=1S/C26H52FNO3/c1-3-5-7-9-10-11-12-13-14-15-17-18-20-23(27)26(31)24(22-29)28-25(30)21-19-16-8-6-4-2/h23-24,26,29,31H,3-22H2,1-2H3,(H,28,30)/t23-,24+,26-/m1/s1. The summed E-state index contributed by atoms with van der Waals surface area (Å²) in [5, 5.41) is 22.3. The van der Waals surface area contributed by atoms with Gasteiger partial charge in [0.2, 0.25) is 5.91 Å². The van der Waals surface area contributed by atoms with Crippen molar-refractivity contribution in [3.8, 4) is 0 Å². The van der Waals surface area contributed by atoms with Crippen LogP contribution >= 0.6 is 0 Å². The lowest BCUT2D eigenvalue weighted by Crippen LogP contribution is -2.49. The lowest BCUT2D eigenvalue weighted by Gasteiger charge is -2.25. The number of unbranched alkanes of at least 4 members (excludes halogenated alkanes) is 15. The Morgan fingerprint density at radius 3 is 1.61 bits per heavy atom. The number of carbonyl (C=O) groups is 1. The first-order valence-electron chi connectivity index (χ1n) is 13.3. The molecule has 0 heterocycles. The Hall–Kier alpha value is -0.680. The van der Waals surface area contributed by atoms with Crippen molar-refractivity contribution in [1.82, 2.24) is 5.32 Å². The maximum absolute atomic E-state index is 14.4. The van der Waals surface area contributed by atoms with E-state index in [9.17, 15) is 19.4 Å². The first kappa shape index (κ1) is 30.3. The number of hydrogen-bond acceptors (Lipinski definition) is 3. The van der Waals surface area contributed by atoms with E-state index in [1.165, 1.54) is 64.2 Å². The summed E-state index contributed by atoms with van der Waals surface area (Å²) in [7, 11) is 0. The van der Waals surface area contributed by atoms with Crippen molar-refractivity contribution in [2.45, 2.75) is 154 Å². The van der Waals surface area contributed by atoms with Crippen LogP contribution in [0.15, 0.2) is 0 Å². The fourth-order valence-electron chi connectivity index (χ4n) is 4.01. The SMILES string of the molecule is CCCCCCCCCCCCCC[C@@H](F)[C@@H](O)[C@H](CO)NC(=O)CCCCCCC. The van der Waals surface area contributed by atoms with Crippen LogP contribution in [0.5, 0.6) is 0 Å². The molecule has 0 aliphatic carbocycles. The molecule has 0 aliphatic rings. The smallest absolute Gasteiger partial charge is 0.220 e. The molecule has 5 heteroatoms. The molecule has 0 fully saturated rings. The third-order valence-corrected chi connectivity index (χ3v) is 6.17. The molecule has 0 aromatic rings. The van der Waals surface area contributed by atoms with Gasteiger partial charge >= 0.3 is 0 Å². The zero-order chi connectivity index (χ0) is 23.2. The zero-order valence-corrected chi connectivity index (χ0v) is 20.6. The van der Waals surface area contributed by atoms with E-state index >= 15 is 0 Å². The van der Waals surface area contributed by atoms with Gasteiger partial charge in [0, 0.05) is 6.42 Å². The number of amides is 1. The summed E-state index contributed by atoms with van der Waals surface area (Å²) in [6.07, 6.45) is 17.7. The van der Waals surface area contributed by atoms with Crippen molar-refractivity contribution in [2.24, 2.45) is 0 Å². The largest absolute Gasteiger partial charge is 0.394 e. The van der Waals surface area contributed by atoms with Crippen LogP contribution < -0.4 is 5.32 Å². The molecule has 3 N–H and O–H groups in total. The molecule has 186 valence electrons. The zero-order valence-electron chi connectivity index (χ0n) is 20.6. The van der Waals surface area contributed by atoms with Crippen molar-refractivity contribution in [3.63, 3.8) is 0 Å². The highest BCUT2D eigenvalue weighted by atomic mass is 19.1. The number of nitrogens with one attached hydrogen (secondary N) is 1. The Bertz CT molecular complexity index is 395. The minimum absolute atomic E-state index is 0.216. The van der Waals surface area contributed by atoms with E-state index in [1.54, 1.807) is 0 Å². The molecular formula is C26H52FNO3. The average Bonchev–Trinajstić information content (AvgIpc) is 2.77. The highest BCUT2D eigenvalue weighted by Crippen LogP contribution is 2.16. The third-order valence-electron chi connectivity index (χ3n) is 6.17.